The molecule has 0 bridgehead atoms. The van der Waals surface area contributed by atoms with Gasteiger partial charge in [-0.2, -0.15) is 0 Å². The molecule has 2 atom stereocenters. The van der Waals surface area contributed by atoms with E-state index in [4.69, 9.17) is 4.74 Å². The Morgan fingerprint density at radius 1 is 1.05 bits per heavy atom. The molecular formula is C17H20F2NOP. The summed E-state index contributed by atoms with van der Waals surface area (Å²) in [4.78, 5) is 0. The first-order valence-corrected chi connectivity index (χ1v) is 7.81. The highest BCUT2D eigenvalue weighted by atomic mass is 31.0. The van der Waals surface area contributed by atoms with E-state index in [0.717, 1.165) is 17.4 Å². The molecular weight excluding hydrogens is 303 g/mol. The van der Waals surface area contributed by atoms with E-state index in [9.17, 15) is 8.78 Å². The van der Waals surface area contributed by atoms with Crippen LogP contribution in [0, 0.1) is 11.6 Å². The zero-order valence-electron chi connectivity index (χ0n) is 12.6. The fourth-order valence-electron chi connectivity index (χ4n) is 2.08. The lowest BCUT2D eigenvalue weighted by atomic mass is 10.2. The Balaban J connectivity index is 1.95. The van der Waals surface area contributed by atoms with Gasteiger partial charge in [0.2, 0.25) is 0 Å². The van der Waals surface area contributed by atoms with Gasteiger partial charge in [0.1, 0.15) is 17.4 Å². The average molecular weight is 323 g/mol. The van der Waals surface area contributed by atoms with E-state index in [1.807, 2.05) is 38.1 Å². The van der Waals surface area contributed by atoms with Crippen molar-refractivity contribution in [2.75, 3.05) is 0 Å². The second kappa shape index (κ2) is 7.66. The molecule has 0 amide bonds. The molecule has 2 rings (SSSR count). The lowest BCUT2D eigenvalue weighted by Crippen LogP contribution is -2.16. The molecule has 2 aromatic rings. The summed E-state index contributed by atoms with van der Waals surface area (Å²) in [6, 6.07) is 11.3. The summed E-state index contributed by atoms with van der Waals surface area (Å²) >= 11 is 0. The Kier molecular flexibility index (Phi) is 5.87. The second-order valence-corrected chi connectivity index (χ2v) is 6.04. The van der Waals surface area contributed by atoms with Crippen LogP contribution in [0.3, 0.4) is 0 Å². The van der Waals surface area contributed by atoms with Gasteiger partial charge in [0.05, 0.1) is 6.10 Å². The number of rotatable bonds is 6. The van der Waals surface area contributed by atoms with Gasteiger partial charge in [0, 0.05) is 18.4 Å². The van der Waals surface area contributed by atoms with Crippen molar-refractivity contribution in [1.29, 1.82) is 0 Å². The molecule has 0 aliphatic heterocycles. The van der Waals surface area contributed by atoms with E-state index in [1.54, 1.807) is 0 Å². The monoisotopic (exact) mass is 323 g/mol. The molecule has 5 heteroatoms. The third-order valence-corrected chi connectivity index (χ3v) is 3.68. The number of ether oxygens (including phenoxy) is 1. The lowest BCUT2D eigenvalue weighted by molar-refractivity contribution is 0.242. The topological polar surface area (TPSA) is 21.3 Å². The van der Waals surface area contributed by atoms with Gasteiger partial charge in [0.25, 0.3) is 0 Å². The molecule has 2 nitrogen and oxygen atoms in total. The van der Waals surface area contributed by atoms with Gasteiger partial charge in [0.15, 0.2) is 0 Å². The van der Waals surface area contributed by atoms with Crippen LogP contribution in [0.2, 0.25) is 0 Å². The minimum Gasteiger partial charge on any atom is -0.491 e. The number of nitrogens with one attached hydrogen (secondary N) is 1. The van der Waals surface area contributed by atoms with Crippen LogP contribution in [0.15, 0.2) is 42.5 Å². The van der Waals surface area contributed by atoms with Crippen LogP contribution in [0.5, 0.6) is 5.75 Å². The van der Waals surface area contributed by atoms with Crippen molar-refractivity contribution in [2.24, 2.45) is 0 Å². The van der Waals surface area contributed by atoms with E-state index in [2.05, 4.69) is 14.6 Å². The maximum absolute atomic E-state index is 13.1. The van der Waals surface area contributed by atoms with Gasteiger partial charge < -0.3 is 10.1 Å². The first-order chi connectivity index (χ1) is 10.4. The molecule has 0 heterocycles. The Hall–Kier alpha value is -1.51. The minimum atomic E-state index is -0.563. The Morgan fingerprint density at radius 3 is 2.18 bits per heavy atom. The molecule has 22 heavy (non-hydrogen) atoms. The van der Waals surface area contributed by atoms with Crippen LogP contribution >= 0.6 is 9.24 Å². The summed E-state index contributed by atoms with van der Waals surface area (Å²) in [5.41, 5.74) is 1.63. The van der Waals surface area contributed by atoms with Gasteiger partial charge >= 0.3 is 0 Å². The summed E-state index contributed by atoms with van der Waals surface area (Å²) in [6.45, 7) is 4.34. The molecule has 0 aromatic heterocycles. The number of hydrogen-bond acceptors (Lipinski definition) is 2. The number of benzene rings is 2. The summed E-state index contributed by atoms with van der Waals surface area (Å²) in [5.74, 6) is -0.317. The third kappa shape index (κ3) is 5.04. The predicted molar refractivity (Wildman–Crippen MR) is 87.9 cm³/mol. The molecule has 0 saturated carbocycles. The van der Waals surface area contributed by atoms with E-state index < -0.39 is 11.6 Å². The van der Waals surface area contributed by atoms with E-state index in [1.165, 1.54) is 12.1 Å². The van der Waals surface area contributed by atoms with Gasteiger partial charge in [-0.05, 0) is 49.2 Å². The van der Waals surface area contributed by atoms with Crippen molar-refractivity contribution in [3.05, 3.63) is 65.2 Å². The smallest absolute Gasteiger partial charge is 0.126 e. The SMILES string of the molecule is CC(C)Oc1ccc(C(P)NCc2cc(F)cc(F)c2)cc1. The summed E-state index contributed by atoms with van der Waals surface area (Å²) < 4.78 is 31.9. The zero-order chi connectivity index (χ0) is 16.1. The third-order valence-electron chi connectivity index (χ3n) is 3.06. The van der Waals surface area contributed by atoms with Crippen molar-refractivity contribution in [1.82, 2.24) is 5.32 Å². The van der Waals surface area contributed by atoms with Crippen molar-refractivity contribution >= 4 is 9.24 Å². The highest BCUT2D eigenvalue weighted by molar-refractivity contribution is 7.17. The van der Waals surface area contributed by atoms with Crippen LogP contribution in [0.25, 0.3) is 0 Å². The molecule has 0 fully saturated rings. The largest absolute Gasteiger partial charge is 0.491 e. The number of hydrogen-bond donors (Lipinski definition) is 1. The van der Waals surface area contributed by atoms with E-state index in [-0.39, 0.29) is 11.9 Å². The second-order valence-electron chi connectivity index (χ2n) is 5.37. The summed E-state index contributed by atoms with van der Waals surface area (Å²) in [6.07, 6.45) is 0.138. The Labute approximate surface area is 132 Å². The molecule has 0 radical (unpaired) electrons. The molecule has 2 aromatic carbocycles. The molecule has 0 spiro atoms. The number of halogens is 2. The minimum absolute atomic E-state index is 0.0144. The Morgan fingerprint density at radius 2 is 1.64 bits per heavy atom. The van der Waals surface area contributed by atoms with Crippen LogP contribution < -0.4 is 10.1 Å². The quantitative estimate of drug-likeness (QED) is 0.795. The summed E-state index contributed by atoms with van der Waals surface area (Å²) in [7, 11) is 2.68. The fraction of sp³-hybridized carbons (Fsp3) is 0.294. The van der Waals surface area contributed by atoms with Gasteiger partial charge in [-0.3, -0.25) is 0 Å². The van der Waals surface area contributed by atoms with Gasteiger partial charge in [-0.1, -0.05) is 12.1 Å². The predicted octanol–water partition coefficient (Wildman–Crippen LogP) is 4.42. The van der Waals surface area contributed by atoms with Crippen molar-refractivity contribution in [3.8, 4) is 5.75 Å². The fourth-order valence-corrected chi connectivity index (χ4v) is 2.42. The lowest BCUT2D eigenvalue weighted by Gasteiger charge is -2.16. The van der Waals surface area contributed by atoms with E-state index in [0.29, 0.717) is 12.1 Å². The highest BCUT2D eigenvalue weighted by Gasteiger charge is 2.07. The maximum atomic E-state index is 13.1. The maximum Gasteiger partial charge on any atom is 0.126 e. The van der Waals surface area contributed by atoms with E-state index >= 15 is 0 Å². The average Bonchev–Trinajstić information content (AvgIpc) is 2.44. The standard InChI is InChI=1S/C17H20F2NOP/c1-11(2)21-16-5-3-13(4-6-16)17(22)20-10-12-7-14(18)9-15(19)8-12/h3-9,11,17,20H,10,22H2,1-2H3. The van der Waals surface area contributed by atoms with Gasteiger partial charge in [-0.15, -0.1) is 9.24 Å². The van der Waals surface area contributed by atoms with Crippen molar-refractivity contribution < 1.29 is 13.5 Å². The summed E-state index contributed by atoms with van der Waals surface area (Å²) in [5, 5.41) is 3.22. The van der Waals surface area contributed by atoms with Crippen LogP contribution in [0.1, 0.15) is 30.8 Å². The zero-order valence-corrected chi connectivity index (χ0v) is 13.8. The first-order valence-electron chi connectivity index (χ1n) is 7.14. The Bertz CT molecular complexity index is 596. The van der Waals surface area contributed by atoms with Crippen LogP contribution in [-0.4, -0.2) is 6.10 Å². The van der Waals surface area contributed by atoms with Gasteiger partial charge in [-0.25, -0.2) is 8.78 Å². The van der Waals surface area contributed by atoms with Crippen LogP contribution in [-0.2, 0) is 6.54 Å². The van der Waals surface area contributed by atoms with Crippen molar-refractivity contribution in [3.63, 3.8) is 0 Å². The normalized spacial score (nSPS) is 12.5. The van der Waals surface area contributed by atoms with Crippen molar-refractivity contribution in [2.45, 2.75) is 32.3 Å². The highest BCUT2D eigenvalue weighted by Crippen LogP contribution is 2.23. The molecule has 118 valence electrons. The molecule has 1 N–H and O–H groups in total. The molecule has 0 aliphatic rings. The van der Waals surface area contributed by atoms with Crippen LogP contribution in [0.4, 0.5) is 8.78 Å². The molecule has 0 aliphatic carbocycles. The molecule has 2 unspecified atom stereocenters. The molecule has 0 saturated heterocycles. The first kappa shape index (κ1) is 16.9.